The van der Waals surface area contributed by atoms with E-state index in [1.54, 1.807) is 0 Å². The highest BCUT2D eigenvalue weighted by Gasteiger charge is 2.22. The van der Waals surface area contributed by atoms with Crippen molar-refractivity contribution in [2.75, 3.05) is 5.75 Å². The van der Waals surface area contributed by atoms with Crippen molar-refractivity contribution in [1.29, 1.82) is 0 Å². The highest BCUT2D eigenvalue weighted by molar-refractivity contribution is 7.80. The summed E-state index contributed by atoms with van der Waals surface area (Å²) in [6, 6.07) is 1.53. The van der Waals surface area contributed by atoms with Gasteiger partial charge in [-0.25, -0.2) is 9.18 Å². The number of carboxylic acids is 1. The first kappa shape index (κ1) is 13.2. The van der Waals surface area contributed by atoms with Crippen LogP contribution >= 0.6 is 12.6 Å². The molecule has 0 atom stereocenters. The molecular formula is C10H8FNO4S. The fraction of sp³-hybridized carbons (Fsp3) is 0.100. The largest absolute Gasteiger partial charge is 0.477 e. The quantitative estimate of drug-likeness (QED) is 0.493. The molecule has 0 aromatic heterocycles. The zero-order valence-electron chi connectivity index (χ0n) is 8.46. The lowest BCUT2D eigenvalue weighted by atomic mass is 10.1. The maximum Gasteiger partial charge on any atom is 0.342 e. The van der Waals surface area contributed by atoms with Gasteiger partial charge in [0.15, 0.2) is 0 Å². The monoisotopic (exact) mass is 257 g/mol. The molecule has 0 unspecified atom stereocenters. The average molecular weight is 257 g/mol. The average Bonchev–Trinajstić information content (AvgIpc) is 2.26. The molecule has 0 amide bonds. The summed E-state index contributed by atoms with van der Waals surface area (Å²) in [5.74, 6) is -2.03. The normalized spacial score (nSPS) is 10.7. The van der Waals surface area contributed by atoms with Crippen molar-refractivity contribution in [2.45, 2.75) is 0 Å². The zero-order valence-corrected chi connectivity index (χ0v) is 9.36. The van der Waals surface area contributed by atoms with Crippen molar-refractivity contribution in [3.05, 3.63) is 45.3 Å². The van der Waals surface area contributed by atoms with Gasteiger partial charge >= 0.3 is 5.97 Å². The van der Waals surface area contributed by atoms with Crippen molar-refractivity contribution in [1.82, 2.24) is 0 Å². The second-order valence-electron chi connectivity index (χ2n) is 3.04. The highest BCUT2D eigenvalue weighted by Crippen LogP contribution is 2.24. The number of benzene rings is 1. The first-order chi connectivity index (χ1) is 7.97. The van der Waals surface area contributed by atoms with E-state index in [1.807, 2.05) is 0 Å². The predicted molar refractivity (Wildman–Crippen MR) is 62.9 cm³/mol. The van der Waals surface area contributed by atoms with E-state index in [9.17, 15) is 19.3 Å². The van der Waals surface area contributed by atoms with Gasteiger partial charge in [-0.05, 0) is 6.07 Å². The number of hydrogen-bond donors (Lipinski definition) is 2. The third kappa shape index (κ3) is 3.04. The summed E-state index contributed by atoms with van der Waals surface area (Å²) in [6.45, 7) is 0. The fourth-order valence-corrected chi connectivity index (χ4v) is 1.31. The number of nitro groups is 1. The lowest BCUT2D eigenvalue weighted by molar-refractivity contribution is -0.385. The molecule has 5 nitrogen and oxygen atoms in total. The minimum absolute atomic E-state index is 0.0456. The summed E-state index contributed by atoms with van der Waals surface area (Å²) in [7, 11) is 0. The molecule has 0 aliphatic rings. The molecule has 0 radical (unpaired) electrons. The number of nitro benzene ring substituents is 1. The van der Waals surface area contributed by atoms with Gasteiger partial charge in [0.05, 0.1) is 4.92 Å². The first-order valence-corrected chi connectivity index (χ1v) is 5.09. The summed E-state index contributed by atoms with van der Waals surface area (Å²) in [5.41, 5.74) is -1.36. The van der Waals surface area contributed by atoms with E-state index in [4.69, 9.17) is 5.11 Å². The number of rotatable bonds is 4. The van der Waals surface area contributed by atoms with Gasteiger partial charge in [-0.1, -0.05) is 12.2 Å². The molecule has 0 fully saturated rings. The summed E-state index contributed by atoms with van der Waals surface area (Å²) < 4.78 is 13.4. The van der Waals surface area contributed by atoms with Crippen LogP contribution in [0.4, 0.5) is 10.1 Å². The van der Waals surface area contributed by atoms with Crippen LogP contribution < -0.4 is 0 Å². The third-order valence-corrected chi connectivity index (χ3v) is 2.16. The molecule has 1 aromatic rings. The van der Waals surface area contributed by atoms with Crippen molar-refractivity contribution >= 4 is 30.4 Å². The second-order valence-corrected chi connectivity index (χ2v) is 3.40. The summed E-state index contributed by atoms with van der Waals surface area (Å²) in [5, 5.41) is 19.3. The van der Waals surface area contributed by atoms with Crippen LogP contribution in [-0.2, 0) is 0 Å². The Balaban J connectivity index is 3.39. The molecule has 1 rings (SSSR count). The van der Waals surface area contributed by atoms with Gasteiger partial charge in [0.25, 0.3) is 5.69 Å². The Bertz CT molecular complexity index is 501. The molecular weight excluding hydrogens is 249 g/mol. The Morgan fingerprint density at radius 2 is 2.24 bits per heavy atom. The molecule has 0 heterocycles. The van der Waals surface area contributed by atoms with Crippen LogP contribution in [0.5, 0.6) is 0 Å². The minimum atomic E-state index is -1.54. The molecule has 0 saturated heterocycles. The van der Waals surface area contributed by atoms with E-state index < -0.39 is 28.0 Å². The first-order valence-electron chi connectivity index (χ1n) is 4.46. The van der Waals surface area contributed by atoms with Crippen LogP contribution in [0.15, 0.2) is 18.2 Å². The Kier molecular flexibility index (Phi) is 4.22. The number of nitrogens with zero attached hydrogens (tertiary/aromatic N) is 1. The number of carbonyl (C=O) groups is 1. The van der Waals surface area contributed by atoms with E-state index in [1.165, 1.54) is 12.2 Å². The topological polar surface area (TPSA) is 80.4 Å². The minimum Gasteiger partial charge on any atom is -0.477 e. The lowest BCUT2D eigenvalue weighted by Gasteiger charge is -2.01. The Morgan fingerprint density at radius 3 is 2.71 bits per heavy atom. The van der Waals surface area contributed by atoms with Crippen LogP contribution in [0.1, 0.15) is 15.9 Å². The molecule has 17 heavy (non-hydrogen) atoms. The molecule has 0 bridgehead atoms. The van der Waals surface area contributed by atoms with Crippen LogP contribution in [0.2, 0.25) is 0 Å². The number of halogens is 1. The maximum absolute atomic E-state index is 13.4. The fourth-order valence-electron chi connectivity index (χ4n) is 1.21. The smallest absolute Gasteiger partial charge is 0.342 e. The lowest BCUT2D eigenvalue weighted by Crippen LogP contribution is -2.04. The van der Waals surface area contributed by atoms with Crippen LogP contribution in [0, 0.1) is 15.9 Å². The summed E-state index contributed by atoms with van der Waals surface area (Å²) in [6.07, 6.45) is 2.80. The van der Waals surface area contributed by atoms with Crippen LogP contribution in [-0.4, -0.2) is 21.8 Å². The van der Waals surface area contributed by atoms with E-state index in [2.05, 4.69) is 12.6 Å². The van der Waals surface area contributed by atoms with E-state index >= 15 is 0 Å². The summed E-state index contributed by atoms with van der Waals surface area (Å²) >= 11 is 3.87. The Labute approximate surface area is 101 Å². The second kappa shape index (κ2) is 5.44. The predicted octanol–water partition coefficient (Wildman–Crippen LogP) is 2.38. The molecule has 90 valence electrons. The van der Waals surface area contributed by atoms with Crippen molar-refractivity contribution in [2.24, 2.45) is 0 Å². The number of carboxylic acid groups (broad SMARTS) is 1. The Morgan fingerprint density at radius 1 is 1.59 bits per heavy atom. The molecule has 0 spiro atoms. The van der Waals surface area contributed by atoms with Crippen molar-refractivity contribution < 1.29 is 19.2 Å². The van der Waals surface area contributed by atoms with Gasteiger partial charge in [-0.15, -0.1) is 0 Å². The number of hydrogen-bond acceptors (Lipinski definition) is 4. The van der Waals surface area contributed by atoms with Gasteiger partial charge < -0.3 is 5.11 Å². The van der Waals surface area contributed by atoms with Crippen LogP contribution in [0.3, 0.4) is 0 Å². The number of aromatic carboxylic acids is 1. The maximum atomic E-state index is 13.4. The summed E-state index contributed by atoms with van der Waals surface area (Å²) in [4.78, 5) is 20.5. The third-order valence-electron chi connectivity index (χ3n) is 1.94. The number of thiol groups is 1. The molecule has 0 aliphatic carbocycles. The van der Waals surface area contributed by atoms with E-state index in [0.29, 0.717) is 11.8 Å². The molecule has 1 aromatic carbocycles. The molecule has 0 saturated carbocycles. The standard InChI is InChI=1S/C10H8FNO4S/c11-8-5-7(10(13)14)9(12(15)16)4-6(8)2-1-3-17/h1-2,4-5,17H,3H2,(H,13,14). The van der Waals surface area contributed by atoms with Gasteiger partial charge in [0, 0.05) is 17.4 Å². The SMILES string of the molecule is O=C(O)c1cc(F)c(C=CCS)cc1[N+](=O)[O-]. The molecule has 0 aliphatic heterocycles. The van der Waals surface area contributed by atoms with Gasteiger partial charge in [0.2, 0.25) is 0 Å². The van der Waals surface area contributed by atoms with Crippen molar-refractivity contribution in [3.8, 4) is 0 Å². The molecule has 7 heteroatoms. The zero-order chi connectivity index (χ0) is 13.0. The highest BCUT2D eigenvalue weighted by atomic mass is 32.1. The van der Waals surface area contributed by atoms with Crippen LogP contribution in [0.25, 0.3) is 6.08 Å². The molecule has 1 N–H and O–H groups in total. The van der Waals surface area contributed by atoms with Gasteiger partial charge in [-0.3, -0.25) is 10.1 Å². The van der Waals surface area contributed by atoms with E-state index in [0.717, 1.165) is 6.07 Å². The van der Waals surface area contributed by atoms with Gasteiger partial charge in [0.1, 0.15) is 11.4 Å². The van der Waals surface area contributed by atoms with Crippen molar-refractivity contribution in [3.63, 3.8) is 0 Å². The van der Waals surface area contributed by atoms with Gasteiger partial charge in [-0.2, -0.15) is 12.6 Å². The Hall–Kier alpha value is -1.89. The van der Waals surface area contributed by atoms with E-state index in [-0.39, 0.29) is 5.56 Å².